The van der Waals surface area contributed by atoms with E-state index in [0.717, 1.165) is 5.56 Å². The molecular formula is C21H25FN2O2. The molecule has 0 saturated heterocycles. The van der Waals surface area contributed by atoms with Crippen molar-refractivity contribution in [3.05, 3.63) is 71.5 Å². The minimum absolute atomic E-state index is 0.0725. The first-order chi connectivity index (χ1) is 12.4. The van der Waals surface area contributed by atoms with Crippen LogP contribution in [0.25, 0.3) is 0 Å². The predicted octanol–water partition coefficient (Wildman–Crippen LogP) is 3.63. The number of halogens is 1. The van der Waals surface area contributed by atoms with Crippen LogP contribution in [0, 0.1) is 11.7 Å². The summed E-state index contributed by atoms with van der Waals surface area (Å²) in [7, 11) is 0. The van der Waals surface area contributed by atoms with Gasteiger partial charge in [0.15, 0.2) is 0 Å². The minimum atomic E-state index is -0.642. The lowest BCUT2D eigenvalue weighted by Gasteiger charge is -2.29. The highest BCUT2D eigenvalue weighted by Crippen LogP contribution is 2.12. The van der Waals surface area contributed by atoms with Gasteiger partial charge < -0.3 is 10.2 Å². The van der Waals surface area contributed by atoms with Crippen LogP contribution in [0.3, 0.4) is 0 Å². The normalized spacial score (nSPS) is 11.9. The fourth-order valence-corrected chi connectivity index (χ4v) is 2.69. The topological polar surface area (TPSA) is 49.4 Å². The molecule has 2 rings (SSSR count). The van der Waals surface area contributed by atoms with Gasteiger partial charge in [-0.15, -0.1) is 0 Å². The Morgan fingerprint density at radius 1 is 1.04 bits per heavy atom. The molecule has 0 aliphatic rings. The number of hydrogen-bond acceptors (Lipinski definition) is 2. The van der Waals surface area contributed by atoms with Crippen molar-refractivity contribution in [3.8, 4) is 0 Å². The second kappa shape index (κ2) is 9.13. The highest BCUT2D eigenvalue weighted by molar-refractivity contribution is 5.97. The first kappa shape index (κ1) is 19.6. The molecule has 26 heavy (non-hydrogen) atoms. The average Bonchev–Trinajstić information content (AvgIpc) is 2.64. The van der Waals surface area contributed by atoms with E-state index in [4.69, 9.17) is 0 Å². The van der Waals surface area contributed by atoms with Crippen molar-refractivity contribution in [2.24, 2.45) is 5.92 Å². The van der Waals surface area contributed by atoms with Gasteiger partial charge in [0.1, 0.15) is 11.9 Å². The van der Waals surface area contributed by atoms with Crippen LogP contribution in [-0.2, 0) is 11.3 Å². The summed E-state index contributed by atoms with van der Waals surface area (Å²) in [4.78, 5) is 27.2. The summed E-state index contributed by atoms with van der Waals surface area (Å²) in [5.41, 5.74) is 1.37. The van der Waals surface area contributed by atoms with E-state index < -0.39 is 11.9 Å². The summed E-state index contributed by atoms with van der Waals surface area (Å²) in [6.07, 6.45) is 0. The molecule has 0 aliphatic carbocycles. The smallest absolute Gasteiger partial charge is 0.251 e. The van der Waals surface area contributed by atoms with E-state index in [2.05, 4.69) is 5.32 Å². The summed E-state index contributed by atoms with van der Waals surface area (Å²) in [6.45, 7) is 6.74. The number of benzene rings is 2. The zero-order chi connectivity index (χ0) is 19.1. The molecule has 0 bridgehead atoms. The number of carbonyl (C=O) groups excluding carboxylic acids is 2. The van der Waals surface area contributed by atoms with E-state index >= 15 is 0 Å². The average molecular weight is 356 g/mol. The lowest BCUT2D eigenvalue weighted by Crippen LogP contribution is -2.51. The van der Waals surface area contributed by atoms with Gasteiger partial charge in [0.2, 0.25) is 5.91 Å². The second-order valence-corrected chi connectivity index (χ2v) is 6.54. The van der Waals surface area contributed by atoms with Crippen LogP contribution < -0.4 is 5.32 Å². The molecule has 0 unspecified atom stereocenters. The molecule has 1 N–H and O–H groups in total. The van der Waals surface area contributed by atoms with Gasteiger partial charge >= 0.3 is 0 Å². The number of likely N-dealkylation sites (N-methyl/N-ethyl adjacent to an activating group) is 1. The largest absolute Gasteiger partial charge is 0.340 e. The number of amides is 2. The Morgan fingerprint density at radius 2 is 1.65 bits per heavy atom. The van der Waals surface area contributed by atoms with Gasteiger partial charge in [0.25, 0.3) is 5.91 Å². The lowest BCUT2D eigenvalue weighted by molar-refractivity contribution is -0.134. The van der Waals surface area contributed by atoms with Crippen LogP contribution >= 0.6 is 0 Å². The number of carbonyl (C=O) groups is 2. The molecule has 0 fully saturated rings. The zero-order valence-electron chi connectivity index (χ0n) is 15.4. The molecule has 4 nitrogen and oxygen atoms in total. The molecule has 0 aliphatic heterocycles. The van der Waals surface area contributed by atoms with E-state index in [1.807, 2.05) is 51.1 Å². The van der Waals surface area contributed by atoms with Crippen molar-refractivity contribution in [2.45, 2.75) is 33.4 Å². The van der Waals surface area contributed by atoms with Crippen molar-refractivity contribution in [1.29, 1.82) is 0 Å². The van der Waals surface area contributed by atoms with Crippen molar-refractivity contribution in [3.63, 3.8) is 0 Å². The fourth-order valence-electron chi connectivity index (χ4n) is 2.69. The van der Waals surface area contributed by atoms with Crippen LogP contribution in [0.15, 0.2) is 54.6 Å². The number of rotatable bonds is 7. The molecule has 0 radical (unpaired) electrons. The predicted molar refractivity (Wildman–Crippen MR) is 100 cm³/mol. The first-order valence-electron chi connectivity index (χ1n) is 8.81. The highest BCUT2D eigenvalue weighted by Gasteiger charge is 2.28. The third-order valence-electron chi connectivity index (χ3n) is 4.24. The van der Waals surface area contributed by atoms with Crippen molar-refractivity contribution >= 4 is 11.8 Å². The van der Waals surface area contributed by atoms with Gasteiger partial charge in [-0.1, -0.05) is 44.2 Å². The van der Waals surface area contributed by atoms with Gasteiger partial charge in [-0.05, 0) is 42.7 Å². The van der Waals surface area contributed by atoms with Gasteiger partial charge in [0.05, 0.1) is 0 Å². The Labute approximate surface area is 154 Å². The monoisotopic (exact) mass is 356 g/mol. The molecule has 2 amide bonds. The summed E-state index contributed by atoms with van der Waals surface area (Å²) in [5.74, 6) is -0.982. The number of nitrogens with zero attached hydrogens (tertiary/aromatic N) is 1. The second-order valence-electron chi connectivity index (χ2n) is 6.54. The fraction of sp³-hybridized carbons (Fsp3) is 0.333. The Hall–Kier alpha value is -2.69. The van der Waals surface area contributed by atoms with Crippen LogP contribution in [0.4, 0.5) is 4.39 Å². The van der Waals surface area contributed by atoms with E-state index in [0.29, 0.717) is 18.7 Å². The SMILES string of the molecule is CCN(Cc1ccccc1)C(=O)[C@H](NC(=O)c1ccc(F)cc1)C(C)C. The quantitative estimate of drug-likeness (QED) is 0.824. The first-order valence-corrected chi connectivity index (χ1v) is 8.81. The standard InChI is InChI=1S/C21H25FN2O2/c1-4-24(14-16-8-6-5-7-9-16)21(26)19(15(2)3)23-20(25)17-10-12-18(22)13-11-17/h5-13,15,19H,4,14H2,1-3H3,(H,23,25)/t19-/m1/s1. The molecule has 5 heteroatoms. The highest BCUT2D eigenvalue weighted by atomic mass is 19.1. The Kier molecular flexibility index (Phi) is 6.89. The molecule has 1 atom stereocenters. The van der Waals surface area contributed by atoms with E-state index in [1.54, 1.807) is 4.90 Å². The molecule has 2 aromatic rings. The van der Waals surface area contributed by atoms with Crippen LogP contribution in [0.5, 0.6) is 0 Å². The molecule has 138 valence electrons. The summed E-state index contributed by atoms with van der Waals surface area (Å²) < 4.78 is 13.0. The Bertz CT molecular complexity index is 729. The minimum Gasteiger partial charge on any atom is -0.340 e. The summed E-state index contributed by atoms with van der Waals surface area (Å²) in [5, 5.41) is 2.80. The molecule has 0 spiro atoms. The third-order valence-corrected chi connectivity index (χ3v) is 4.24. The number of nitrogens with one attached hydrogen (secondary N) is 1. The van der Waals surface area contributed by atoms with Crippen molar-refractivity contribution < 1.29 is 14.0 Å². The van der Waals surface area contributed by atoms with E-state index in [1.165, 1.54) is 24.3 Å². The van der Waals surface area contributed by atoms with E-state index in [9.17, 15) is 14.0 Å². The van der Waals surface area contributed by atoms with E-state index in [-0.39, 0.29) is 17.7 Å². The summed E-state index contributed by atoms with van der Waals surface area (Å²) in [6, 6.07) is 14.4. The zero-order valence-corrected chi connectivity index (χ0v) is 15.4. The van der Waals surface area contributed by atoms with Crippen LogP contribution in [-0.4, -0.2) is 29.3 Å². The van der Waals surface area contributed by atoms with Gasteiger partial charge in [-0.3, -0.25) is 9.59 Å². The van der Waals surface area contributed by atoms with Crippen LogP contribution in [0.2, 0.25) is 0 Å². The lowest BCUT2D eigenvalue weighted by atomic mass is 10.0. The molecule has 0 heterocycles. The third kappa shape index (κ3) is 5.15. The molecule has 0 saturated carbocycles. The molecule has 0 aromatic heterocycles. The maximum absolute atomic E-state index is 13.0. The summed E-state index contributed by atoms with van der Waals surface area (Å²) >= 11 is 0. The Balaban J connectivity index is 2.12. The number of hydrogen-bond donors (Lipinski definition) is 1. The van der Waals surface area contributed by atoms with Gasteiger partial charge in [-0.25, -0.2) is 4.39 Å². The van der Waals surface area contributed by atoms with Gasteiger partial charge in [0, 0.05) is 18.7 Å². The maximum atomic E-state index is 13.0. The van der Waals surface area contributed by atoms with Crippen molar-refractivity contribution in [1.82, 2.24) is 10.2 Å². The Morgan fingerprint density at radius 3 is 2.19 bits per heavy atom. The maximum Gasteiger partial charge on any atom is 0.251 e. The molecular weight excluding hydrogens is 331 g/mol. The van der Waals surface area contributed by atoms with Crippen LogP contribution in [0.1, 0.15) is 36.7 Å². The van der Waals surface area contributed by atoms with Crippen molar-refractivity contribution in [2.75, 3.05) is 6.54 Å². The van der Waals surface area contributed by atoms with Gasteiger partial charge in [-0.2, -0.15) is 0 Å². The molecule has 2 aromatic carbocycles.